The Bertz CT molecular complexity index is 683. The first-order chi connectivity index (χ1) is 8.75. The van der Waals surface area contributed by atoms with Crippen LogP contribution >= 0.6 is 0 Å². The van der Waals surface area contributed by atoms with Crippen molar-refractivity contribution in [2.45, 2.75) is 13.8 Å². The molecule has 0 N–H and O–H groups in total. The molecule has 0 radical (unpaired) electrons. The molecule has 0 heteroatoms. The predicted octanol–water partition coefficient (Wildman–Crippen LogP) is 4.97. The molecular formula is C18H16. The molecule has 0 spiro atoms. The van der Waals surface area contributed by atoms with Gasteiger partial charge in [-0.25, -0.2) is 0 Å². The van der Waals surface area contributed by atoms with E-state index in [9.17, 15) is 0 Å². The van der Waals surface area contributed by atoms with Gasteiger partial charge in [0.25, 0.3) is 0 Å². The second-order valence-electron chi connectivity index (χ2n) is 4.83. The smallest absolute Gasteiger partial charge is 0.00793 e. The molecule has 18 heavy (non-hydrogen) atoms. The minimum absolute atomic E-state index is 1.27. The van der Waals surface area contributed by atoms with Gasteiger partial charge in [-0.2, -0.15) is 0 Å². The van der Waals surface area contributed by atoms with Crippen molar-refractivity contribution in [1.29, 1.82) is 0 Å². The zero-order valence-electron chi connectivity index (χ0n) is 10.8. The van der Waals surface area contributed by atoms with Crippen molar-refractivity contribution in [2.24, 2.45) is 0 Å². The first-order valence-corrected chi connectivity index (χ1v) is 6.31. The summed E-state index contributed by atoms with van der Waals surface area (Å²) in [6, 6.07) is 10.9. The summed E-state index contributed by atoms with van der Waals surface area (Å²) < 4.78 is 0. The summed E-state index contributed by atoms with van der Waals surface area (Å²) in [5.74, 6) is 0. The van der Waals surface area contributed by atoms with Gasteiger partial charge in [0.15, 0.2) is 0 Å². The normalized spacial score (nSPS) is 13.6. The van der Waals surface area contributed by atoms with E-state index in [1.807, 2.05) is 0 Å². The van der Waals surface area contributed by atoms with Crippen LogP contribution in [0, 0.1) is 13.8 Å². The molecule has 88 valence electrons. The monoisotopic (exact) mass is 232 g/mol. The molecule has 1 aliphatic carbocycles. The zero-order valence-corrected chi connectivity index (χ0v) is 10.8. The van der Waals surface area contributed by atoms with Crippen molar-refractivity contribution in [3.8, 4) is 0 Å². The Balaban J connectivity index is 2.33. The number of benzene rings is 2. The molecule has 0 aromatic heterocycles. The lowest BCUT2D eigenvalue weighted by Gasteiger charge is -2.10. The number of allylic oxidation sites excluding steroid dienone is 5. The minimum Gasteiger partial charge on any atom is -0.0617 e. The molecule has 3 rings (SSSR count). The van der Waals surface area contributed by atoms with E-state index in [0.29, 0.717) is 0 Å². The first kappa shape index (κ1) is 11.0. The minimum atomic E-state index is 1.27. The van der Waals surface area contributed by atoms with E-state index < -0.39 is 0 Å². The van der Waals surface area contributed by atoms with Crippen molar-refractivity contribution < 1.29 is 0 Å². The molecule has 0 nitrogen and oxygen atoms in total. The molecule has 0 fully saturated rings. The van der Waals surface area contributed by atoms with E-state index in [4.69, 9.17) is 0 Å². The maximum absolute atomic E-state index is 2.28. The van der Waals surface area contributed by atoms with Crippen LogP contribution in [0.3, 0.4) is 0 Å². The van der Waals surface area contributed by atoms with Crippen LogP contribution in [0.2, 0.25) is 0 Å². The third-order valence-electron chi connectivity index (χ3n) is 3.51. The maximum Gasteiger partial charge on any atom is -0.00793 e. The second-order valence-corrected chi connectivity index (χ2v) is 4.83. The van der Waals surface area contributed by atoms with Crippen LogP contribution in [0.15, 0.2) is 60.2 Å². The van der Waals surface area contributed by atoms with Crippen LogP contribution in [0.1, 0.15) is 16.7 Å². The largest absolute Gasteiger partial charge is 0.0617 e. The van der Waals surface area contributed by atoms with Gasteiger partial charge < -0.3 is 0 Å². The van der Waals surface area contributed by atoms with Gasteiger partial charge >= 0.3 is 0 Å². The van der Waals surface area contributed by atoms with E-state index in [1.165, 1.54) is 33.0 Å². The van der Waals surface area contributed by atoms with Crippen molar-refractivity contribution in [2.75, 3.05) is 0 Å². The average Bonchev–Trinajstić information content (AvgIpc) is 2.86. The molecule has 0 amide bonds. The Hall–Kier alpha value is -2.08. The Morgan fingerprint density at radius 2 is 1.61 bits per heavy atom. The maximum atomic E-state index is 2.28. The molecule has 0 bridgehead atoms. The molecule has 0 saturated heterocycles. The van der Waals surface area contributed by atoms with Gasteiger partial charge in [-0.3, -0.25) is 0 Å². The van der Waals surface area contributed by atoms with Gasteiger partial charge in [-0.15, -0.1) is 0 Å². The van der Waals surface area contributed by atoms with Crippen molar-refractivity contribution >= 4 is 16.8 Å². The highest BCUT2D eigenvalue weighted by Gasteiger charge is 2.05. The van der Waals surface area contributed by atoms with E-state index in [1.54, 1.807) is 0 Å². The van der Waals surface area contributed by atoms with E-state index in [2.05, 4.69) is 74.6 Å². The van der Waals surface area contributed by atoms with Crippen LogP contribution in [-0.2, 0) is 0 Å². The van der Waals surface area contributed by atoms with E-state index in [0.717, 1.165) is 0 Å². The summed E-state index contributed by atoms with van der Waals surface area (Å²) in [7, 11) is 0. The lowest BCUT2D eigenvalue weighted by atomic mass is 9.95. The van der Waals surface area contributed by atoms with E-state index in [-0.39, 0.29) is 0 Å². The fourth-order valence-electron chi connectivity index (χ4n) is 2.54. The molecule has 2 aromatic carbocycles. The van der Waals surface area contributed by atoms with Gasteiger partial charge in [0.2, 0.25) is 0 Å². The van der Waals surface area contributed by atoms with E-state index >= 15 is 0 Å². The molecule has 0 unspecified atom stereocenters. The molecule has 0 heterocycles. The number of rotatable bonds is 1. The molecule has 2 aromatic rings. The summed E-state index contributed by atoms with van der Waals surface area (Å²) in [6.07, 6.45) is 10.7. The highest BCUT2D eigenvalue weighted by Crippen LogP contribution is 2.28. The van der Waals surface area contributed by atoms with Crippen LogP contribution in [0.4, 0.5) is 0 Å². The molecule has 0 saturated carbocycles. The standard InChI is InChI=1S/C18H16/c1-13-10-11-16-9-5-6-14(2)18(16)17(13)12-15-7-3-4-8-15/h3-12H,1-2H3. The fourth-order valence-corrected chi connectivity index (χ4v) is 2.54. The Labute approximate surface area is 108 Å². The van der Waals surface area contributed by atoms with Gasteiger partial charge in [0, 0.05) is 0 Å². The van der Waals surface area contributed by atoms with Crippen molar-refractivity contribution in [3.63, 3.8) is 0 Å². The zero-order chi connectivity index (χ0) is 12.5. The summed E-state index contributed by atoms with van der Waals surface area (Å²) in [5.41, 5.74) is 5.29. The molecule has 0 atom stereocenters. The Morgan fingerprint density at radius 3 is 2.39 bits per heavy atom. The topological polar surface area (TPSA) is 0 Å². The Morgan fingerprint density at radius 1 is 0.833 bits per heavy atom. The molecule has 0 aliphatic heterocycles. The molecular weight excluding hydrogens is 216 g/mol. The summed E-state index contributed by atoms with van der Waals surface area (Å²) in [6.45, 7) is 4.37. The fraction of sp³-hybridized carbons (Fsp3) is 0.111. The predicted molar refractivity (Wildman–Crippen MR) is 79.7 cm³/mol. The van der Waals surface area contributed by atoms with Gasteiger partial charge in [-0.05, 0) is 53.0 Å². The summed E-state index contributed by atoms with van der Waals surface area (Å²) in [4.78, 5) is 0. The number of hydrogen-bond donors (Lipinski definition) is 0. The third-order valence-corrected chi connectivity index (χ3v) is 3.51. The van der Waals surface area contributed by atoms with Crippen LogP contribution < -0.4 is 0 Å². The van der Waals surface area contributed by atoms with Gasteiger partial charge in [-0.1, -0.05) is 54.6 Å². The number of hydrogen-bond acceptors (Lipinski definition) is 0. The Kier molecular flexibility index (Phi) is 2.64. The second kappa shape index (κ2) is 4.30. The summed E-state index contributed by atoms with van der Waals surface area (Å²) >= 11 is 0. The lowest BCUT2D eigenvalue weighted by molar-refractivity contribution is 1.44. The van der Waals surface area contributed by atoms with Crippen molar-refractivity contribution in [3.05, 3.63) is 76.9 Å². The number of aryl methyl sites for hydroxylation is 2. The average molecular weight is 232 g/mol. The van der Waals surface area contributed by atoms with Crippen LogP contribution in [0.25, 0.3) is 16.8 Å². The highest BCUT2D eigenvalue weighted by molar-refractivity contribution is 5.95. The van der Waals surface area contributed by atoms with Crippen LogP contribution in [0.5, 0.6) is 0 Å². The summed E-state index contributed by atoms with van der Waals surface area (Å²) in [5, 5.41) is 2.69. The number of fused-ring (bicyclic) bond motifs is 1. The SMILES string of the molecule is Cc1ccc2cccc(C)c2c1C=C1C=CC=C1. The van der Waals surface area contributed by atoms with Crippen molar-refractivity contribution in [1.82, 2.24) is 0 Å². The third kappa shape index (κ3) is 1.80. The quantitative estimate of drug-likeness (QED) is 0.651. The highest BCUT2D eigenvalue weighted by atomic mass is 14.1. The van der Waals surface area contributed by atoms with Gasteiger partial charge in [0.05, 0.1) is 0 Å². The lowest BCUT2D eigenvalue weighted by Crippen LogP contribution is -1.88. The first-order valence-electron chi connectivity index (χ1n) is 6.31. The van der Waals surface area contributed by atoms with Gasteiger partial charge in [0.1, 0.15) is 0 Å². The van der Waals surface area contributed by atoms with Crippen LogP contribution in [-0.4, -0.2) is 0 Å². The molecule has 1 aliphatic rings.